The lowest BCUT2D eigenvalue weighted by molar-refractivity contribution is 0.765. The number of hydrogen-bond acceptors (Lipinski definition) is 3. The average Bonchev–Trinajstić information content (AvgIpc) is 4.04. The first-order valence-corrected chi connectivity index (χ1v) is 22.0. The van der Waals surface area contributed by atoms with Gasteiger partial charge in [0.1, 0.15) is 0 Å². The Labute approximate surface area is 365 Å². The van der Waals surface area contributed by atoms with Crippen molar-refractivity contribution in [1.29, 1.82) is 5.26 Å². The van der Waals surface area contributed by atoms with Crippen molar-refractivity contribution >= 4 is 38.5 Å². The third-order valence-electron chi connectivity index (χ3n) is 13.3. The van der Waals surface area contributed by atoms with E-state index in [0.29, 0.717) is 5.56 Å². The number of fused-ring (bicyclic) bond motifs is 7. The Kier molecular flexibility index (Phi) is 8.25. The minimum absolute atomic E-state index is 0.620. The molecule has 0 unspecified atom stereocenters. The summed E-state index contributed by atoms with van der Waals surface area (Å²) < 4.78 is 1.23. The van der Waals surface area contributed by atoms with Gasteiger partial charge in [0, 0.05) is 11.3 Å². The summed E-state index contributed by atoms with van der Waals surface area (Å²) in [5.41, 5.74) is 17.1. The smallest absolute Gasteiger partial charge is 0.0991 e. The van der Waals surface area contributed by atoms with Crippen LogP contribution in [0.25, 0.3) is 32.3 Å². The second-order valence-corrected chi connectivity index (χ2v) is 17.2. The van der Waals surface area contributed by atoms with E-state index in [0.717, 1.165) is 39.3 Å². The highest BCUT2D eigenvalue weighted by Gasteiger charge is 2.50. The summed E-state index contributed by atoms with van der Waals surface area (Å²) in [5.74, 6) is 0. The van der Waals surface area contributed by atoms with Crippen molar-refractivity contribution in [3.05, 3.63) is 280 Å². The maximum Gasteiger partial charge on any atom is 0.0991 e. The lowest BCUT2D eigenvalue weighted by Crippen LogP contribution is -2.31. The van der Waals surface area contributed by atoms with Gasteiger partial charge >= 0.3 is 0 Å². The summed E-state index contributed by atoms with van der Waals surface area (Å²) >= 11 is 1.79. The highest BCUT2D eigenvalue weighted by Crippen LogP contribution is 2.62. The largest absolute Gasteiger partial charge is 0.309 e. The Bertz CT molecular complexity index is 3280. The summed E-state index contributed by atoms with van der Waals surface area (Å²) in [6, 6.07) is 84.5. The maximum atomic E-state index is 10.3. The van der Waals surface area contributed by atoms with E-state index in [1.54, 1.807) is 11.3 Å². The van der Waals surface area contributed by atoms with Crippen LogP contribution in [-0.2, 0) is 10.8 Å². The molecule has 0 N–H and O–H groups in total. The van der Waals surface area contributed by atoms with Crippen molar-refractivity contribution in [1.82, 2.24) is 0 Å². The molecular weight excluding hydrogens is 769 g/mol. The number of hydrogen-bond donors (Lipinski definition) is 0. The number of anilines is 3. The first kappa shape index (κ1) is 36.1. The van der Waals surface area contributed by atoms with E-state index >= 15 is 0 Å². The molecule has 2 aliphatic rings. The van der Waals surface area contributed by atoms with Crippen molar-refractivity contribution in [2.24, 2.45) is 0 Å². The Morgan fingerprint density at radius 1 is 0.403 bits per heavy atom. The molecule has 2 nitrogen and oxygen atoms in total. The van der Waals surface area contributed by atoms with E-state index in [-0.39, 0.29) is 0 Å². The fraction of sp³-hybridized carbons (Fsp3) is 0.0339. The zero-order chi connectivity index (χ0) is 41.3. The van der Waals surface area contributed by atoms with Crippen LogP contribution in [-0.4, -0.2) is 0 Å². The van der Waals surface area contributed by atoms with Gasteiger partial charge in [-0.1, -0.05) is 182 Å². The number of rotatable bonds is 7. The van der Waals surface area contributed by atoms with E-state index in [1.165, 1.54) is 54.6 Å². The fourth-order valence-electron chi connectivity index (χ4n) is 10.9. The second kappa shape index (κ2) is 14.2. The van der Waals surface area contributed by atoms with Crippen molar-refractivity contribution in [2.45, 2.75) is 10.8 Å². The molecule has 1 aromatic heterocycles. The minimum Gasteiger partial charge on any atom is -0.309 e. The Balaban J connectivity index is 1.21. The van der Waals surface area contributed by atoms with Crippen molar-refractivity contribution in [2.75, 3.05) is 4.90 Å². The maximum absolute atomic E-state index is 10.3. The molecular formula is C59H38N2S. The third kappa shape index (κ3) is 5.02. The van der Waals surface area contributed by atoms with Crippen LogP contribution in [0.15, 0.2) is 230 Å². The molecule has 3 heteroatoms. The molecule has 12 rings (SSSR count). The lowest BCUT2D eigenvalue weighted by atomic mass is 9.67. The summed E-state index contributed by atoms with van der Waals surface area (Å²) in [7, 11) is 0. The molecule has 0 saturated carbocycles. The summed E-state index contributed by atoms with van der Waals surface area (Å²) in [4.78, 5) is 2.54. The molecule has 10 aromatic rings. The Morgan fingerprint density at radius 3 is 1.56 bits per heavy atom. The van der Waals surface area contributed by atoms with Crippen LogP contribution in [0.1, 0.15) is 50.1 Å². The summed E-state index contributed by atoms with van der Waals surface area (Å²) in [5, 5.41) is 13.7. The van der Waals surface area contributed by atoms with Crippen molar-refractivity contribution in [3.63, 3.8) is 0 Å². The van der Waals surface area contributed by atoms with E-state index in [4.69, 9.17) is 0 Å². The first-order valence-electron chi connectivity index (χ1n) is 21.1. The van der Waals surface area contributed by atoms with E-state index in [9.17, 15) is 5.26 Å². The van der Waals surface area contributed by atoms with Crippen LogP contribution in [0.3, 0.4) is 0 Å². The predicted molar refractivity (Wildman–Crippen MR) is 256 cm³/mol. The highest BCUT2D eigenvalue weighted by atomic mass is 32.1. The van der Waals surface area contributed by atoms with Gasteiger partial charge in [-0.3, -0.25) is 0 Å². The normalized spacial score (nSPS) is 13.7. The SMILES string of the molecule is N#Cc1ccc2c(c1)C(c1ccccc1)(c1ccccc1)c1cc(N(c3cccc4c3C(c3ccccc3)(c3ccccc3)c3ccccc3-4)c3cccc4ccsc34)ccc1-2. The van der Waals surface area contributed by atoms with Gasteiger partial charge in [0.15, 0.2) is 0 Å². The molecule has 2 aliphatic carbocycles. The van der Waals surface area contributed by atoms with Gasteiger partial charge in [0.25, 0.3) is 0 Å². The van der Waals surface area contributed by atoms with Crippen LogP contribution >= 0.6 is 11.3 Å². The van der Waals surface area contributed by atoms with Crippen molar-refractivity contribution < 1.29 is 0 Å². The van der Waals surface area contributed by atoms with Gasteiger partial charge in [-0.25, -0.2) is 0 Å². The van der Waals surface area contributed by atoms with Gasteiger partial charge in [-0.15, -0.1) is 11.3 Å². The number of thiophene rings is 1. The van der Waals surface area contributed by atoms with Crippen LogP contribution in [0, 0.1) is 11.3 Å². The monoisotopic (exact) mass is 806 g/mol. The predicted octanol–water partition coefficient (Wildman–Crippen LogP) is 15.0. The summed E-state index contributed by atoms with van der Waals surface area (Å²) in [6.07, 6.45) is 0. The van der Waals surface area contributed by atoms with Crippen molar-refractivity contribution in [3.8, 4) is 28.3 Å². The quantitative estimate of drug-likeness (QED) is 0.160. The van der Waals surface area contributed by atoms with Gasteiger partial charge in [0.05, 0.1) is 38.5 Å². The summed E-state index contributed by atoms with van der Waals surface area (Å²) in [6.45, 7) is 0. The van der Waals surface area contributed by atoms with Crippen LogP contribution in [0.4, 0.5) is 17.1 Å². The number of benzene rings is 9. The molecule has 0 bridgehead atoms. The van der Waals surface area contributed by atoms with Gasteiger partial charge in [0.2, 0.25) is 0 Å². The lowest BCUT2D eigenvalue weighted by Gasteiger charge is -2.38. The third-order valence-corrected chi connectivity index (χ3v) is 14.3. The van der Waals surface area contributed by atoms with E-state index < -0.39 is 10.8 Å². The molecule has 0 amide bonds. The molecule has 0 radical (unpaired) electrons. The molecule has 290 valence electrons. The van der Waals surface area contributed by atoms with Crippen LogP contribution < -0.4 is 4.90 Å². The number of nitriles is 1. The Hall–Kier alpha value is -7.77. The van der Waals surface area contributed by atoms with Gasteiger partial charge < -0.3 is 4.90 Å². The molecule has 0 spiro atoms. The highest BCUT2D eigenvalue weighted by molar-refractivity contribution is 7.17. The number of nitrogens with zero attached hydrogens (tertiary/aromatic N) is 2. The molecule has 0 fully saturated rings. The molecule has 62 heavy (non-hydrogen) atoms. The first-order chi connectivity index (χ1) is 30.7. The van der Waals surface area contributed by atoms with E-state index in [2.05, 4.69) is 235 Å². The van der Waals surface area contributed by atoms with E-state index in [1.807, 2.05) is 6.07 Å². The van der Waals surface area contributed by atoms with Crippen LogP contribution in [0.5, 0.6) is 0 Å². The standard InChI is InChI=1S/C59H38N2S/c60-39-40-31-33-48-49-34-32-46(38-53(49)58(52(48)37-40,42-18-5-1-6-19-42)43-20-7-2-8-21-43)61(55-30-15-17-41-35-36-62-57(41)55)54-29-16-27-50-47-26-13-14-28-51(47)59(56(50)54,44-22-9-3-10-23-44)45-24-11-4-12-25-45/h1-38H. The molecule has 0 saturated heterocycles. The zero-order valence-electron chi connectivity index (χ0n) is 33.7. The molecule has 0 atom stereocenters. The zero-order valence-corrected chi connectivity index (χ0v) is 34.6. The van der Waals surface area contributed by atoms with Crippen LogP contribution in [0.2, 0.25) is 0 Å². The fourth-order valence-corrected chi connectivity index (χ4v) is 11.8. The second-order valence-electron chi connectivity index (χ2n) is 16.3. The average molecular weight is 807 g/mol. The topological polar surface area (TPSA) is 27.0 Å². The Morgan fingerprint density at radius 2 is 0.919 bits per heavy atom. The van der Waals surface area contributed by atoms with Gasteiger partial charge in [-0.05, 0) is 114 Å². The minimum atomic E-state index is -0.691. The molecule has 0 aliphatic heterocycles. The molecule has 1 heterocycles. The molecule has 9 aromatic carbocycles. The van der Waals surface area contributed by atoms with Gasteiger partial charge in [-0.2, -0.15) is 5.26 Å².